The van der Waals surface area contributed by atoms with Crippen LogP contribution >= 0.6 is 0 Å². The van der Waals surface area contributed by atoms with E-state index in [4.69, 9.17) is 0 Å². The molecule has 2 aromatic rings. The van der Waals surface area contributed by atoms with E-state index < -0.39 is 20.0 Å². The van der Waals surface area contributed by atoms with Crippen LogP contribution in [-0.4, -0.2) is 28.8 Å². The van der Waals surface area contributed by atoms with Gasteiger partial charge in [-0.1, -0.05) is 31.2 Å². The Labute approximate surface area is 178 Å². The molecule has 8 nitrogen and oxygen atoms in total. The normalized spacial score (nSPS) is 12.1. The maximum atomic E-state index is 12.6. The summed E-state index contributed by atoms with van der Waals surface area (Å²) in [5, 5.41) is 2.65. The number of carbonyl (C=O) groups excluding carboxylic acids is 1. The molecule has 0 aliphatic heterocycles. The van der Waals surface area contributed by atoms with Crippen LogP contribution in [0.5, 0.6) is 0 Å². The zero-order valence-corrected chi connectivity index (χ0v) is 18.8. The fourth-order valence-electron chi connectivity index (χ4n) is 2.70. The smallest absolute Gasteiger partial charge is 0.240 e. The molecule has 0 aliphatic carbocycles. The van der Waals surface area contributed by atoms with Crippen LogP contribution in [0.25, 0.3) is 0 Å². The lowest BCUT2D eigenvalue weighted by atomic mass is 10.1. The molecule has 0 saturated carbocycles. The third-order valence-electron chi connectivity index (χ3n) is 4.10. The molecule has 10 heteroatoms. The number of sulfonamides is 2. The number of benzene rings is 2. The summed E-state index contributed by atoms with van der Waals surface area (Å²) < 4.78 is 54.7. The van der Waals surface area contributed by atoms with E-state index in [1.165, 1.54) is 24.3 Å². The third-order valence-corrected chi connectivity index (χ3v) is 7.04. The van der Waals surface area contributed by atoms with Gasteiger partial charge < -0.3 is 5.32 Å². The highest BCUT2D eigenvalue weighted by atomic mass is 32.2. The minimum atomic E-state index is -3.82. The molecule has 0 heterocycles. The molecule has 0 aromatic heterocycles. The van der Waals surface area contributed by atoms with Gasteiger partial charge in [-0.3, -0.25) is 4.79 Å². The molecule has 0 radical (unpaired) electrons. The first kappa shape index (κ1) is 24.0. The molecule has 0 unspecified atom stereocenters. The Hall–Kier alpha value is -2.27. The van der Waals surface area contributed by atoms with Crippen molar-refractivity contribution in [3.63, 3.8) is 0 Å². The van der Waals surface area contributed by atoms with Crippen molar-refractivity contribution in [2.75, 3.05) is 5.32 Å². The van der Waals surface area contributed by atoms with Crippen LogP contribution in [-0.2, 0) is 37.1 Å². The van der Waals surface area contributed by atoms with Crippen molar-refractivity contribution in [3.8, 4) is 0 Å². The number of carbonyl (C=O) groups is 1. The number of nitrogens with one attached hydrogen (secondary N) is 3. The summed E-state index contributed by atoms with van der Waals surface area (Å²) in [6.45, 7) is 5.14. The Morgan fingerprint density at radius 3 is 2.10 bits per heavy atom. The quantitative estimate of drug-likeness (QED) is 0.510. The van der Waals surface area contributed by atoms with Crippen LogP contribution in [0.1, 0.15) is 38.3 Å². The monoisotopic (exact) mass is 453 g/mol. The molecular weight excluding hydrogens is 426 g/mol. The number of amides is 1. The lowest BCUT2D eigenvalue weighted by Gasteiger charge is -2.14. The second-order valence-electron chi connectivity index (χ2n) is 7.05. The molecule has 1 amide bonds. The molecular formula is C20H27N3O5S2. The Morgan fingerprint density at radius 2 is 1.53 bits per heavy atom. The summed E-state index contributed by atoms with van der Waals surface area (Å²) in [7, 11) is -7.36. The van der Waals surface area contributed by atoms with E-state index in [9.17, 15) is 21.6 Å². The Balaban J connectivity index is 2.12. The van der Waals surface area contributed by atoms with E-state index in [2.05, 4.69) is 14.8 Å². The van der Waals surface area contributed by atoms with Gasteiger partial charge >= 0.3 is 0 Å². The first-order valence-corrected chi connectivity index (χ1v) is 12.6. The topological polar surface area (TPSA) is 121 Å². The maximum absolute atomic E-state index is 12.6. The standard InChI is InChI=1S/C20H27N3O5S2/c1-4-20(24)22-18-9-11-19(12-10-18)30(27,28)21-13-16-7-5-6-8-17(16)14-29(25,26)23-15(2)3/h5-12,15,21,23H,4,13-14H2,1-3H3,(H,22,24). The van der Waals surface area contributed by atoms with Gasteiger partial charge in [-0.25, -0.2) is 26.3 Å². The molecule has 3 N–H and O–H groups in total. The summed E-state index contributed by atoms with van der Waals surface area (Å²) in [5.74, 6) is -0.406. The van der Waals surface area contributed by atoms with E-state index in [0.29, 0.717) is 23.2 Å². The highest BCUT2D eigenvalue weighted by molar-refractivity contribution is 7.89. The predicted molar refractivity (Wildman–Crippen MR) is 117 cm³/mol. The Bertz CT molecular complexity index is 1080. The van der Waals surface area contributed by atoms with Crippen molar-refractivity contribution in [1.82, 2.24) is 9.44 Å². The van der Waals surface area contributed by atoms with Crippen molar-refractivity contribution < 1.29 is 21.6 Å². The molecule has 0 fully saturated rings. The van der Waals surface area contributed by atoms with Crippen LogP contribution in [0.3, 0.4) is 0 Å². The summed E-state index contributed by atoms with van der Waals surface area (Å²) in [6.07, 6.45) is 0.323. The van der Waals surface area contributed by atoms with Crippen LogP contribution in [0.15, 0.2) is 53.4 Å². The van der Waals surface area contributed by atoms with Gasteiger partial charge in [-0.05, 0) is 49.2 Å². The Kier molecular flexibility index (Phi) is 8.13. The SMILES string of the molecule is CCC(=O)Nc1ccc(S(=O)(=O)NCc2ccccc2CS(=O)(=O)NC(C)C)cc1. The summed E-state index contributed by atoms with van der Waals surface area (Å²) >= 11 is 0. The molecule has 0 aliphatic rings. The van der Waals surface area contributed by atoms with Gasteiger partial charge in [0.05, 0.1) is 10.6 Å². The fourth-order valence-corrected chi connectivity index (χ4v) is 5.20. The lowest BCUT2D eigenvalue weighted by Crippen LogP contribution is -2.32. The summed E-state index contributed by atoms with van der Waals surface area (Å²) in [6, 6.07) is 12.4. The molecule has 2 rings (SSSR count). The van der Waals surface area contributed by atoms with Gasteiger partial charge in [0.25, 0.3) is 0 Å². The van der Waals surface area contributed by atoms with Gasteiger partial charge in [0.2, 0.25) is 26.0 Å². The summed E-state index contributed by atoms with van der Waals surface area (Å²) in [4.78, 5) is 11.5. The first-order chi connectivity index (χ1) is 14.0. The maximum Gasteiger partial charge on any atom is 0.240 e. The molecule has 164 valence electrons. The molecule has 0 spiro atoms. The molecule has 0 saturated heterocycles. The second-order valence-corrected chi connectivity index (χ2v) is 10.6. The molecule has 0 bridgehead atoms. The van der Waals surface area contributed by atoms with Crippen LogP contribution in [0.4, 0.5) is 5.69 Å². The van der Waals surface area contributed by atoms with Crippen molar-refractivity contribution in [2.45, 2.75) is 50.4 Å². The zero-order chi connectivity index (χ0) is 22.4. The van der Waals surface area contributed by atoms with Gasteiger partial charge in [-0.2, -0.15) is 0 Å². The second kappa shape index (κ2) is 10.2. The zero-order valence-electron chi connectivity index (χ0n) is 17.2. The molecule has 30 heavy (non-hydrogen) atoms. The number of anilines is 1. The molecule has 0 atom stereocenters. The minimum absolute atomic E-state index is 0.0450. The average Bonchev–Trinajstić information content (AvgIpc) is 2.66. The van der Waals surface area contributed by atoms with Gasteiger partial charge in [0, 0.05) is 24.7 Å². The number of rotatable bonds is 10. The van der Waals surface area contributed by atoms with Crippen molar-refractivity contribution in [3.05, 3.63) is 59.7 Å². The third kappa shape index (κ3) is 7.21. The van der Waals surface area contributed by atoms with E-state index in [1.807, 2.05) is 0 Å². The first-order valence-electron chi connectivity index (χ1n) is 9.49. The van der Waals surface area contributed by atoms with E-state index >= 15 is 0 Å². The van der Waals surface area contributed by atoms with Crippen molar-refractivity contribution in [2.24, 2.45) is 0 Å². The minimum Gasteiger partial charge on any atom is -0.326 e. The fraction of sp³-hybridized carbons (Fsp3) is 0.350. The van der Waals surface area contributed by atoms with E-state index in [-0.39, 0.29) is 29.1 Å². The van der Waals surface area contributed by atoms with E-state index in [1.54, 1.807) is 45.0 Å². The number of hydrogen-bond acceptors (Lipinski definition) is 5. The predicted octanol–water partition coefficient (Wildman–Crippen LogP) is 2.34. The van der Waals surface area contributed by atoms with Crippen molar-refractivity contribution >= 4 is 31.6 Å². The van der Waals surface area contributed by atoms with Crippen LogP contribution in [0.2, 0.25) is 0 Å². The van der Waals surface area contributed by atoms with Crippen molar-refractivity contribution in [1.29, 1.82) is 0 Å². The largest absolute Gasteiger partial charge is 0.326 e. The van der Waals surface area contributed by atoms with Gasteiger partial charge in [-0.15, -0.1) is 0 Å². The lowest BCUT2D eigenvalue weighted by molar-refractivity contribution is -0.115. The Morgan fingerprint density at radius 1 is 0.933 bits per heavy atom. The van der Waals surface area contributed by atoms with E-state index in [0.717, 1.165) is 0 Å². The van der Waals surface area contributed by atoms with Gasteiger partial charge in [0.1, 0.15) is 0 Å². The molecule has 2 aromatic carbocycles. The highest BCUT2D eigenvalue weighted by Crippen LogP contribution is 2.17. The highest BCUT2D eigenvalue weighted by Gasteiger charge is 2.18. The van der Waals surface area contributed by atoms with Crippen LogP contribution in [0, 0.1) is 0 Å². The average molecular weight is 454 g/mol. The van der Waals surface area contributed by atoms with Gasteiger partial charge in [0.15, 0.2) is 0 Å². The van der Waals surface area contributed by atoms with Crippen LogP contribution < -0.4 is 14.8 Å². The summed E-state index contributed by atoms with van der Waals surface area (Å²) in [5.41, 5.74) is 1.60. The number of hydrogen-bond donors (Lipinski definition) is 3.